The van der Waals surface area contributed by atoms with Gasteiger partial charge >= 0.3 is 5.97 Å². The molecule has 2 aliphatic heterocycles. The summed E-state index contributed by atoms with van der Waals surface area (Å²) in [7, 11) is 0. The maximum Gasteiger partial charge on any atom is 0.305 e. The summed E-state index contributed by atoms with van der Waals surface area (Å²) in [6.45, 7) is 2.26. The van der Waals surface area contributed by atoms with Gasteiger partial charge in [0.05, 0.1) is 34.7 Å². The van der Waals surface area contributed by atoms with E-state index in [0.29, 0.717) is 6.54 Å². The van der Waals surface area contributed by atoms with Crippen LogP contribution in [-0.2, 0) is 4.79 Å². The van der Waals surface area contributed by atoms with Crippen LogP contribution in [-0.4, -0.2) is 57.6 Å². The van der Waals surface area contributed by atoms with Gasteiger partial charge in [0.25, 0.3) is 0 Å². The number of rotatable bonds is 3. The van der Waals surface area contributed by atoms with Crippen LogP contribution in [0.15, 0.2) is 34.0 Å². The van der Waals surface area contributed by atoms with E-state index < -0.39 is 5.97 Å². The number of aliphatic carboxylic acids is 1. The summed E-state index contributed by atoms with van der Waals surface area (Å²) in [6.07, 6.45) is 3.37. The summed E-state index contributed by atoms with van der Waals surface area (Å²) in [5, 5.41) is 9.22. The van der Waals surface area contributed by atoms with Crippen molar-refractivity contribution in [1.82, 2.24) is 14.9 Å². The first-order valence-corrected chi connectivity index (χ1v) is 8.14. The summed E-state index contributed by atoms with van der Waals surface area (Å²) in [6, 6.07) is 3.70. The predicted molar refractivity (Wildman–Crippen MR) is 89.6 cm³/mol. The molecule has 1 N–H and O–H groups in total. The molecule has 118 valence electrons. The fraction of sp³-hybridized carbons (Fsp3) is 0.333. The molecule has 0 bridgehead atoms. The second-order valence-corrected chi connectivity index (χ2v) is 6.37. The van der Waals surface area contributed by atoms with Crippen molar-refractivity contribution < 1.29 is 9.90 Å². The van der Waals surface area contributed by atoms with E-state index in [9.17, 15) is 9.90 Å². The van der Waals surface area contributed by atoms with Gasteiger partial charge in [-0.05, 0) is 28.1 Å². The average Bonchev–Trinajstić information content (AvgIpc) is 3.09. The van der Waals surface area contributed by atoms with E-state index in [1.807, 2.05) is 17.0 Å². The highest BCUT2D eigenvalue weighted by Gasteiger charge is 2.40. The highest BCUT2D eigenvalue weighted by Crippen LogP contribution is 2.37. The molecule has 2 aromatic rings. The van der Waals surface area contributed by atoms with Crippen molar-refractivity contribution in [1.29, 1.82) is 0 Å². The van der Waals surface area contributed by atoms with Crippen molar-refractivity contribution >= 4 is 44.6 Å². The maximum atomic E-state index is 11.2. The molecule has 0 spiro atoms. The smallest absolute Gasteiger partial charge is 0.305 e. The fourth-order valence-electron chi connectivity index (χ4n) is 3.21. The minimum Gasteiger partial charge on any atom is -0.481 e. The van der Waals surface area contributed by atoms with Gasteiger partial charge in [0, 0.05) is 25.5 Å². The third kappa shape index (κ3) is 2.33. The van der Waals surface area contributed by atoms with Crippen molar-refractivity contribution in [2.45, 2.75) is 12.5 Å². The monoisotopic (exact) mass is 375 g/mol. The van der Waals surface area contributed by atoms with E-state index in [4.69, 9.17) is 0 Å². The molecule has 1 aromatic heterocycles. The molecule has 3 heterocycles. The first kappa shape index (κ1) is 14.4. The Morgan fingerprint density at radius 1 is 1.35 bits per heavy atom. The van der Waals surface area contributed by atoms with E-state index in [2.05, 4.69) is 35.8 Å². The van der Waals surface area contributed by atoms with Gasteiger partial charge in [0.15, 0.2) is 0 Å². The molecule has 0 aliphatic carbocycles. The Labute approximate surface area is 140 Å². The average molecular weight is 376 g/mol. The minimum absolute atomic E-state index is 0.0699. The molecule has 4 rings (SSSR count). The Morgan fingerprint density at radius 3 is 3.00 bits per heavy atom. The molecule has 1 aromatic carbocycles. The fourth-order valence-corrected chi connectivity index (χ4v) is 3.84. The normalized spacial score (nSPS) is 20.0. The number of benzene rings is 1. The Hall–Kier alpha value is -2.22. The number of aromatic nitrogens is 2. The number of nitrogens with zero attached hydrogens (tertiary/aromatic N) is 5. The number of hydrogen-bond acceptors (Lipinski definition) is 6. The number of carboxylic acid groups (broad SMARTS) is 1. The number of hydrogen-bond donors (Lipinski definition) is 1. The number of carbonyl (C=O) groups is 1. The summed E-state index contributed by atoms with van der Waals surface area (Å²) in [5.41, 5.74) is 2.44. The van der Waals surface area contributed by atoms with E-state index in [1.165, 1.54) is 0 Å². The van der Waals surface area contributed by atoms with Crippen LogP contribution in [0.4, 0.5) is 5.69 Å². The zero-order valence-electron chi connectivity index (χ0n) is 12.2. The second-order valence-electron chi connectivity index (χ2n) is 5.57. The van der Waals surface area contributed by atoms with Gasteiger partial charge in [0.2, 0.25) is 5.96 Å². The lowest BCUT2D eigenvalue weighted by Crippen LogP contribution is -2.36. The van der Waals surface area contributed by atoms with Crippen molar-refractivity contribution in [3.8, 4) is 0 Å². The molecule has 8 heteroatoms. The zero-order chi connectivity index (χ0) is 16.0. The van der Waals surface area contributed by atoms with Gasteiger partial charge in [-0.15, -0.1) is 0 Å². The van der Waals surface area contributed by atoms with E-state index in [-0.39, 0.29) is 12.5 Å². The Balaban J connectivity index is 1.83. The quantitative estimate of drug-likeness (QED) is 0.879. The van der Waals surface area contributed by atoms with Crippen LogP contribution >= 0.6 is 15.9 Å². The molecule has 1 atom stereocenters. The SMILES string of the molecule is O=C(O)CC1CN2CCN=C2N1c1ccc2nccnc2c1Br. The molecule has 0 saturated carbocycles. The van der Waals surface area contributed by atoms with Gasteiger partial charge in [-0.3, -0.25) is 19.8 Å². The highest BCUT2D eigenvalue weighted by molar-refractivity contribution is 9.10. The lowest BCUT2D eigenvalue weighted by atomic mass is 10.1. The Morgan fingerprint density at radius 2 is 2.17 bits per heavy atom. The van der Waals surface area contributed by atoms with Gasteiger partial charge in [-0.2, -0.15) is 0 Å². The van der Waals surface area contributed by atoms with Crippen LogP contribution in [0.1, 0.15) is 6.42 Å². The van der Waals surface area contributed by atoms with Crippen LogP contribution < -0.4 is 4.90 Å². The molecule has 23 heavy (non-hydrogen) atoms. The Bertz CT molecular complexity index is 825. The van der Waals surface area contributed by atoms with E-state index in [0.717, 1.165) is 40.2 Å². The number of fused-ring (bicyclic) bond motifs is 2. The molecule has 2 aliphatic rings. The molecule has 1 fully saturated rings. The van der Waals surface area contributed by atoms with Gasteiger partial charge in [-0.25, -0.2) is 0 Å². The van der Waals surface area contributed by atoms with E-state index in [1.54, 1.807) is 12.4 Å². The standard InChI is InChI=1S/C15H14BrN5O2/c16-13-11(2-1-10-14(13)18-4-3-17-10)21-9(7-12(22)23)8-20-6-5-19-15(20)21/h1-4,9H,5-8H2,(H,22,23). The van der Waals surface area contributed by atoms with Crippen molar-refractivity contribution in [3.63, 3.8) is 0 Å². The third-order valence-electron chi connectivity index (χ3n) is 4.15. The molecule has 0 radical (unpaired) electrons. The van der Waals surface area contributed by atoms with Crippen molar-refractivity contribution in [2.75, 3.05) is 24.5 Å². The Kier molecular flexibility index (Phi) is 3.41. The van der Waals surface area contributed by atoms with Crippen LogP contribution in [0.2, 0.25) is 0 Å². The van der Waals surface area contributed by atoms with Crippen molar-refractivity contribution in [3.05, 3.63) is 29.0 Å². The number of anilines is 1. The molecule has 1 saturated heterocycles. The summed E-state index contributed by atoms with van der Waals surface area (Å²) >= 11 is 3.62. The van der Waals surface area contributed by atoms with E-state index >= 15 is 0 Å². The second kappa shape index (κ2) is 5.45. The topological polar surface area (TPSA) is 81.9 Å². The molecular formula is C15H14BrN5O2. The number of aliphatic imine (C=N–C) groups is 1. The first-order valence-electron chi connectivity index (χ1n) is 7.35. The van der Waals surface area contributed by atoms with Gasteiger partial charge in [-0.1, -0.05) is 0 Å². The van der Waals surface area contributed by atoms with Gasteiger partial charge < -0.3 is 14.9 Å². The minimum atomic E-state index is -0.807. The molecule has 0 amide bonds. The van der Waals surface area contributed by atoms with Crippen LogP contribution in [0.3, 0.4) is 0 Å². The maximum absolute atomic E-state index is 11.2. The van der Waals surface area contributed by atoms with Crippen LogP contribution in [0, 0.1) is 0 Å². The highest BCUT2D eigenvalue weighted by atomic mass is 79.9. The van der Waals surface area contributed by atoms with Crippen molar-refractivity contribution in [2.24, 2.45) is 4.99 Å². The summed E-state index contributed by atoms with van der Waals surface area (Å²) in [4.78, 5) is 28.6. The molecule has 7 nitrogen and oxygen atoms in total. The van der Waals surface area contributed by atoms with Crippen LogP contribution in [0.5, 0.6) is 0 Å². The lowest BCUT2D eigenvalue weighted by molar-refractivity contribution is -0.137. The summed E-state index contributed by atoms with van der Waals surface area (Å²) < 4.78 is 0.815. The predicted octanol–water partition coefficient (Wildman–Crippen LogP) is 1.73. The largest absolute Gasteiger partial charge is 0.481 e. The number of carboxylic acids is 1. The number of halogens is 1. The number of guanidine groups is 1. The molecular weight excluding hydrogens is 362 g/mol. The first-order chi connectivity index (χ1) is 11.1. The zero-order valence-corrected chi connectivity index (χ0v) is 13.8. The van der Waals surface area contributed by atoms with Gasteiger partial charge in [0.1, 0.15) is 5.52 Å². The van der Waals surface area contributed by atoms with Crippen LogP contribution in [0.25, 0.3) is 11.0 Å². The molecule has 1 unspecified atom stereocenters. The lowest BCUT2D eigenvalue weighted by Gasteiger charge is -2.25. The third-order valence-corrected chi connectivity index (χ3v) is 4.93. The summed E-state index contributed by atoms with van der Waals surface area (Å²) in [5.74, 6) is 0.0404.